The molecule has 0 saturated heterocycles. The zero-order valence-electron chi connectivity index (χ0n) is 21.9. The molecule has 1 aliphatic carbocycles. The fourth-order valence-electron chi connectivity index (χ4n) is 5.09. The number of nitrogens with one attached hydrogen (secondary N) is 1. The van der Waals surface area contributed by atoms with E-state index in [4.69, 9.17) is 4.74 Å². The second-order valence-corrected chi connectivity index (χ2v) is 11.3. The Bertz CT molecular complexity index is 1480. The molecule has 6 nitrogen and oxygen atoms in total. The molecule has 2 aliphatic rings. The Morgan fingerprint density at radius 1 is 1.05 bits per heavy atom. The van der Waals surface area contributed by atoms with Crippen molar-refractivity contribution >= 4 is 23.2 Å². The first kappa shape index (κ1) is 25.3. The monoisotopic (exact) mass is 537 g/mol. The third-order valence-corrected chi connectivity index (χ3v) is 8.21. The van der Waals surface area contributed by atoms with E-state index in [0.29, 0.717) is 12.2 Å². The first-order valence-corrected chi connectivity index (χ1v) is 14.3. The topological polar surface area (TPSA) is 71.5 Å². The minimum absolute atomic E-state index is 0.120. The molecule has 1 unspecified atom stereocenters. The Morgan fingerprint density at radius 3 is 2.62 bits per heavy atom. The quantitative estimate of drug-likeness (QED) is 0.306. The lowest BCUT2D eigenvalue weighted by molar-refractivity contribution is -0.134. The maximum absolute atomic E-state index is 13.3. The zero-order chi connectivity index (χ0) is 26.8. The van der Waals surface area contributed by atoms with E-state index < -0.39 is 0 Å². The van der Waals surface area contributed by atoms with Crippen molar-refractivity contribution in [3.63, 3.8) is 0 Å². The van der Waals surface area contributed by atoms with Gasteiger partial charge in [-0.2, -0.15) is 0 Å². The number of amides is 2. The van der Waals surface area contributed by atoms with Crippen LogP contribution in [0, 0.1) is 12.8 Å². The van der Waals surface area contributed by atoms with E-state index in [1.165, 1.54) is 22.5 Å². The number of thiazole rings is 1. The van der Waals surface area contributed by atoms with E-state index in [2.05, 4.69) is 58.5 Å². The Morgan fingerprint density at radius 2 is 1.85 bits per heavy atom. The van der Waals surface area contributed by atoms with Crippen LogP contribution in [0.25, 0.3) is 0 Å². The molecule has 4 aromatic rings. The van der Waals surface area contributed by atoms with Crippen molar-refractivity contribution < 1.29 is 14.3 Å². The van der Waals surface area contributed by atoms with Crippen LogP contribution in [0.2, 0.25) is 0 Å². The van der Waals surface area contributed by atoms with Crippen molar-refractivity contribution in [3.05, 3.63) is 117 Å². The highest BCUT2D eigenvalue weighted by Crippen LogP contribution is 2.41. The van der Waals surface area contributed by atoms with E-state index in [1.54, 1.807) is 5.38 Å². The summed E-state index contributed by atoms with van der Waals surface area (Å²) in [6.45, 7) is 3.54. The van der Waals surface area contributed by atoms with Gasteiger partial charge < -0.3 is 15.0 Å². The summed E-state index contributed by atoms with van der Waals surface area (Å²) < 4.78 is 6.15. The van der Waals surface area contributed by atoms with Crippen molar-refractivity contribution in [2.45, 2.75) is 45.4 Å². The standard InChI is InChI=1S/C32H31N3O3S/c1-21-7-9-24(10-8-21)30-27-17-26(14-13-23(27)15-16-35(30)32(37)25-11-12-25)38-19-29-34-28(20-39-29)31(36)33-18-22-5-3-2-4-6-22/h2-10,13-14,17,20,25,30H,11-12,15-16,18-19H2,1H3,(H,33,36). The van der Waals surface area contributed by atoms with Crippen LogP contribution in [0.4, 0.5) is 0 Å². The van der Waals surface area contributed by atoms with Crippen molar-refractivity contribution in [1.82, 2.24) is 15.2 Å². The Balaban J connectivity index is 1.17. The summed E-state index contributed by atoms with van der Waals surface area (Å²) in [5.41, 5.74) is 6.13. The van der Waals surface area contributed by atoms with E-state index in [0.717, 1.165) is 53.3 Å². The SMILES string of the molecule is Cc1ccc(C2c3cc(OCc4nc(C(=O)NCc5ccccc5)cs4)ccc3CCN2C(=O)C2CC2)cc1. The number of hydrogen-bond acceptors (Lipinski definition) is 5. The smallest absolute Gasteiger partial charge is 0.271 e. The predicted octanol–water partition coefficient (Wildman–Crippen LogP) is 5.84. The molecule has 1 saturated carbocycles. The van der Waals surface area contributed by atoms with Gasteiger partial charge in [-0.1, -0.05) is 66.2 Å². The number of carbonyl (C=O) groups excluding carboxylic acids is 2. The van der Waals surface area contributed by atoms with Gasteiger partial charge in [0.15, 0.2) is 0 Å². The van der Waals surface area contributed by atoms with Crippen LogP contribution in [0.1, 0.15) is 62.2 Å². The molecule has 0 bridgehead atoms. The normalized spacial score (nSPS) is 16.4. The number of fused-ring (bicyclic) bond motifs is 1. The molecule has 0 spiro atoms. The van der Waals surface area contributed by atoms with Crippen molar-refractivity contribution in [3.8, 4) is 5.75 Å². The molecule has 1 fully saturated rings. The second-order valence-electron chi connectivity index (χ2n) is 10.3. The molecular weight excluding hydrogens is 506 g/mol. The van der Waals surface area contributed by atoms with Gasteiger partial charge in [-0.25, -0.2) is 4.98 Å². The van der Waals surface area contributed by atoms with Gasteiger partial charge >= 0.3 is 0 Å². The molecule has 2 amide bonds. The van der Waals surface area contributed by atoms with Gasteiger partial charge in [-0.05, 0) is 60.6 Å². The van der Waals surface area contributed by atoms with Crippen LogP contribution in [-0.4, -0.2) is 28.2 Å². The van der Waals surface area contributed by atoms with Crippen LogP contribution in [0.5, 0.6) is 5.75 Å². The Kier molecular flexibility index (Phi) is 7.16. The van der Waals surface area contributed by atoms with Crippen LogP contribution in [-0.2, 0) is 24.4 Å². The van der Waals surface area contributed by atoms with Gasteiger partial charge in [-0.15, -0.1) is 11.3 Å². The molecule has 2 heterocycles. The number of aryl methyl sites for hydroxylation is 1. The summed E-state index contributed by atoms with van der Waals surface area (Å²) in [5, 5.41) is 5.42. The Hall–Kier alpha value is -3.97. The predicted molar refractivity (Wildman–Crippen MR) is 152 cm³/mol. The van der Waals surface area contributed by atoms with Gasteiger partial charge in [0.1, 0.15) is 23.1 Å². The van der Waals surface area contributed by atoms with Crippen molar-refractivity contribution in [1.29, 1.82) is 0 Å². The molecule has 1 atom stereocenters. The molecule has 39 heavy (non-hydrogen) atoms. The average Bonchev–Trinajstić information content (AvgIpc) is 3.72. The maximum Gasteiger partial charge on any atom is 0.271 e. The molecular formula is C32H31N3O3S. The maximum atomic E-state index is 13.3. The minimum Gasteiger partial charge on any atom is -0.486 e. The molecule has 0 radical (unpaired) electrons. The molecule has 3 aromatic carbocycles. The number of hydrogen-bond donors (Lipinski definition) is 1. The van der Waals surface area contributed by atoms with Gasteiger partial charge in [0.2, 0.25) is 5.91 Å². The van der Waals surface area contributed by atoms with Gasteiger partial charge in [-0.3, -0.25) is 9.59 Å². The van der Waals surface area contributed by atoms with Crippen LogP contribution >= 0.6 is 11.3 Å². The van der Waals surface area contributed by atoms with Crippen LogP contribution < -0.4 is 10.1 Å². The molecule has 1 aromatic heterocycles. The van der Waals surface area contributed by atoms with E-state index in [9.17, 15) is 9.59 Å². The number of benzene rings is 3. The molecule has 1 aliphatic heterocycles. The number of aromatic nitrogens is 1. The lowest BCUT2D eigenvalue weighted by atomic mass is 9.87. The van der Waals surface area contributed by atoms with Crippen LogP contribution in [0.15, 0.2) is 78.2 Å². The Labute approximate surface area is 232 Å². The summed E-state index contributed by atoms with van der Waals surface area (Å²) in [4.78, 5) is 32.4. The lowest BCUT2D eigenvalue weighted by Crippen LogP contribution is -2.41. The third-order valence-electron chi connectivity index (χ3n) is 7.39. The summed E-state index contributed by atoms with van der Waals surface area (Å²) in [6, 6.07) is 24.4. The summed E-state index contributed by atoms with van der Waals surface area (Å²) >= 11 is 1.41. The minimum atomic E-state index is -0.198. The largest absolute Gasteiger partial charge is 0.486 e. The van der Waals surface area contributed by atoms with Crippen molar-refractivity contribution in [2.24, 2.45) is 5.92 Å². The zero-order valence-corrected chi connectivity index (χ0v) is 22.7. The highest BCUT2D eigenvalue weighted by atomic mass is 32.1. The van der Waals surface area contributed by atoms with Crippen LogP contribution in [0.3, 0.4) is 0 Å². The third kappa shape index (κ3) is 5.73. The van der Waals surface area contributed by atoms with Crippen molar-refractivity contribution in [2.75, 3.05) is 6.54 Å². The molecule has 198 valence electrons. The average molecular weight is 538 g/mol. The van der Waals surface area contributed by atoms with E-state index in [1.807, 2.05) is 36.4 Å². The number of carbonyl (C=O) groups is 2. The fraction of sp³-hybridized carbons (Fsp3) is 0.281. The number of rotatable bonds is 8. The number of ether oxygens (including phenoxy) is 1. The number of nitrogens with zero attached hydrogens (tertiary/aromatic N) is 2. The first-order chi connectivity index (χ1) is 19.0. The van der Waals surface area contributed by atoms with Gasteiger partial charge in [0.25, 0.3) is 5.91 Å². The highest BCUT2D eigenvalue weighted by molar-refractivity contribution is 7.09. The highest BCUT2D eigenvalue weighted by Gasteiger charge is 2.39. The van der Waals surface area contributed by atoms with Gasteiger partial charge in [0.05, 0.1) is 6.04 Å². The van der Waals surface area contributed by atoms with Gasteiger partial charge in [0, 0.05) is 24.4 Å². The lowest BCUT2D eigenvalue weighted by Gasteiger charge is -2.38. The first-order valence-electron chi connectivity index (χ1n) is 13.4. The van der Waals surface area contributed by atoms with E-state index >= 15 is 0 Å². The summed E-state index contributed by atoms with van der Waals surface area (Å²) in [5.74, 6) is 0.967. The molecule has 6 rings (SSSR count). The summed E-state index contributed by atoms with van der Waals surface area (Å²) in [7, 11) is 0. The molecule has 7 heteroatoms. The second kappa shape index (κ2) is 11.0. The summed E-state index contributed by atoms with van der Waals surface area (Å²) in [6.07, 6.45) is 2.82. The van der Waals surface area contributed by atoms with E-state index in [-0.39, 0.29) is 30.4 Å². The fourth-order valence-corrected chi connectivity index (χ4v) is 5.77. The molecule has 1 N–H and O–H groups in total.